The van der Waals surface area contributed by atoms with Crippen molar-refractivity contribution in [1.82, 2.24) is 5.32 Å². The first-order valence-electron chi connectivity index (χ1n) is 6.42. The van der Waals surface area contributed by atoms with Gasteiger partial charge in [-0.1, -0.05) is 12.8 Å². The van der Waals surface area contributed by atoms with Gasteiger partial charge in [0, 0.05) is 16.9 Å². The number of carbonyl (C=O) groups is 2. The Morgan fingerprint density at radius 1 is 1.42 bits per heavy atom. The number of rotatable bonds is 5. The highest BCUT2D eigenvalue weighted by molar-refractivity contribution is 7.10. The van der Waals surface area contributed by atoms with Crippen molar-refractivity contribution in [2.24, 2.45) is 5.92 Å². The van der Waals surface area contributed by atoms with Gasteiger partial charge in [0.05, 0.1) is 6.54 Å². The van der Waals surface area contributed by atoms with Crippen LogP contribution in [0, 0.1) is 5.92 Å². The summed E-state index contributed by atoms with van der Waals surface area (Å²) in [6.07, 6.45) is 6.94. The molecule has 0 atom stereocenters. The van der Waals surface area contributed by atoms with Crippen LogP contribution in [0.5, 0.6) is 0 Å². The van der Waals surface area contributed by atoms with Crippen LogP contribution in [0.25, 0.3) is 6.08 Å². The van der Waals surface area contributed by atoms with E-state index in [9.17, 15) is 9.59 Å². The molecule has 0 unspecified atom stereocenters. The molecule has 0 spiro atoms. The van der Waals surface area contributed by atoms with E-state index in [-0.39, 0.29) is 11.8 Å². The van der Waals surface area contributed by atoms with Gasteiger partial charge in [-0.2, -0.15) is 0 Å². The first-order chi connectivity index (χ1) is 9.16. The Morgan fingerprint density at radius 2 is 2.16 bits per heavy atom. The van der Waals surface area contributed by atoms with Crippen LogP contribution in [0.2, 0.25) is 0 Å². The third-order valence-corrected chi connectivity index (χ3v) is 4.27. The van der Waals surface area contributed by atoms with Crippen molar-refractivity contribution in [3.8, 4) is 0 Å². The Balaban J connectivity index is 1.90. The first-order valence-corrected chi connectivity index (χ1v) is 7.30. The Hall–Kier alpha value is -1.62. The SMILES string of the molecule is O=C(O)C=Cc1ccsc1CNC(=O)C1CCCC1. The molecule has 1 saturated carbocycles. The number of carbonyl (C=O) groups excluding carboxylic acids is 1. The summed E-state index contributed by atoms with van der Waals surface area (Å²) < 4.78 is 0. The van der Waals surface area contributed by atoms with Crippen LogP contribution in [0.4, 0.5) is 0 Å². The maximum Gasteiger partial charge on any atom is 0.328 e. The Morgan fingerprint density at radius 3 is 2.84 bits per heavy atom. The molecule has 0 saturated heterocycles. The molecule has 1 aromatic rings. The van der Waals surface area contributed by atoms with Gasteiger partial charge in [0.2, 0.25) is 5.91 Å². The topological polar surface area (TPSA) is 66.4 Å². The molecule has 4 nitrogen and oxygen atoms in total. The van der Waals surface area contributed by atoms with E-state index in [4.69, 9.17) is 5.11 Å². The summed E-state index contributed by atoms with van der Waals surface area (Å²) in [4.78, 5) is 23.4. The van der Waals surface area contributed by atoms with E-state index in [0.717, 1.165) is 42.2 Å². The zero-order chi connectivity index (χ0) is 13.7. The molecule has 0 bridgehead atoms. The Bertz CT molecular complexity index is 487. The van der Waals surface area contributed by atoms with Gasteiger partial charge in [0.1, 0.15) is 0 Å². The number of nitrogens with one attached hydrogen (secondary N) is 1. The second-order valence-electron chi connectivity index (χ2n) is 4.67. The zero-order valence-corrected chi connectivity index (χ0v) is 11.4. The van der Waals surface area contributed by atoms with Crippen molar-refractivity contribution in [1.29, 1.82) is 0 Å². The lowest BCUT2D eigenvalue weighted by Gasteiger charge is -2.09. The zero-order valence-electron chi connectivity index (χ0n) is 10.6. The molecule has 2 rings (SSSR count). The summed E-state index contributed by atoms with van der Waals surface area (Å²) in [5, 5.41) is 13.5. The highest BCUT2D eigenvalue weighted by Gasteiger charge is 2.22. The van der Waals surface area contributed by atoms with Gasteiger partial charge in [-0.3, -0.25) is 4.79 Å². The quantitative estimate of drug-likeness (QED) is 0.814. The fourth-order valence-corrected chi connectivity index (χ4v) is 3.11. The van der Waals surface area contributed by atoms with E-state index in [1.807, 2.05) is 11.4 Å². The summed E-state index contributed by atoms with van der Waals surface area (Å²) in [5.74, 6) is -0.677. The number of carboxylic acids is 1. The summed E-state index contributed by atoms with van der Waals surface area (Å²) >= 11 is 1.53. The van der Waals surface area contributed by atoms with Gasteiger partial charge < -0.3 is 10.4 Å². The molecule has 0 aromatic carbocycles. The number of hydrogen-bond acceptors (Lipinski definition) is 3. The highest BCUT2D eigenvalue weighted by Crippen LogP contribution is 2.25. The molecule has 1 aliphatic carbocycles. The monoisotopic (exact) mass is 279 g/mol. The molecular formula is C14H17NO3S. The molecule has 0 aliphatic heterocycles. The van der Waals surface area contributed by atoms with E-state index in [0.29, 0.717) is 6.54 Å². The lowest BCUT2D eigenvalue weighted by atomic mass is 10.1. The van der Waals surface area contributed by atoms with Gasteiger partial charge in [0.25, 0.3) is 0 Å². The van der Waals surface area contributed by atoms with Crippen molar-refractivity contribution in [3.63, 3.8) is 0 Å². The summed E-state index contributed by atoms with van der Waals surface area (Å²) in [5.41, 5.74) is 0.860. The second-order valence-corrected chi connectivity index (χ2v) is 5.67. The standard InChI is InChI=1S/C14H17NO3S/c16-13(17)6-5-10-7-8-19-12(10)9-15-14(18)11-3-1-2-4-11/h5-8,11H,1-4,9H2,(H,15,18)(H,16,17). The van der Waals surface area contributed by atoms with Gasteiger partial charge >= 0.3 is 5.97 Å². The van der Waals surface area contributed by atoms with Crippen LogP contribution < -0.4 is 5.32 Å². The normalized spacial score (nSPS) is 16.0. The molecule has 1 heterocycles. The van der Waals surface area contributed by atoms with Crippen molar-refractivity contribution >= 4 is 29.3 Å². The van der Waals surface area contributed by atoms with Crippen LogP contribution in [0.15, 0.2) is 17.5 Å². The van der Waals surface area contributed by atoms with E-state index < -0.39 is 5.97 Å². The minimum atomic E-state index is -0.966. The van der Waals surface area contributed by atoms with Crippen LogP contribution >= 0.6 is 11.3 Å². The van der Waals surface area contributed by atoms with Gasteiger partial charge in [0.15, 0.2) is 0 Å². The van der Waals surface area contributed by atoms with Crippen molar-refractivity contribution < 1.29 is 14.7 Å². The van der Waals surface area contributed by atoms with Crippen LogP contribution in [-0.4, -0.2) is 17.0 Å². The number of amides is 1. The Labute approximate surface area is 116 Å². The van der Waals surface area contributed by atoms with Crippen LogP contribution in [0.3, 0.4) is 0 Å². The predicted octanol–water partition coefficient (Wildman–Crippen LogP) is 2.65. The lowest BCUT2D eigenvalue weighted by Crippen LogP contribution is -2.28. The number of aliphatic carboxylic acids is 1. The molecule has 1 aliphatic rings. The first kappa shape index (κ1) is 13.8. The third-order valence-electron chi connectivity index (χ3n) is 3.33. The Kier molecular flexibility index (Phi) is 4.74. The van der Waals surface area contributed by atoms with Crippen LogP contribution in [0.1, 0.15) is 36.1 Å². The molecule has 102 valence electrons. The summed E-state index contributed by atoms with van der Waals surface area (Å²) in [7, 11) is 0. The average molecular weight is 279 g/mol. The molecule has 1 aromatic heterocycles. The molecule has 0 radical (unpaired) electrons. The van der Waals surface area contributed by atoms with Crippen molar-refractivity contribution in [3.05, 3.63) is 28.0 Å². The largest absolute Gasteiger partial charge is 0.478 e. The maximum absolute atomic E-state index is 11.9. The smallest absolute Gasteiger partial charge is 0.328 e. The lowest BCUT2D eigenvalue weighted by molar-refractivity contribution is -0.131. The molecule has 2 N–H and O–H groups in total. The second kappa shape index (κ2) is 6.52. The minimum absolute atomic E-state index is 0.124. The number of carboxylic acid groups (broad SMARTS) is 1. The van der Waals surface area contributed by atoms with E-state index in [1.165, 1.54) is 11.3 Å². The average Bonchev–Trinajstić information content (AvgIpc) is 3.04. The number of hydrogen-bond donors (Lipinski definition) is 2. The third kappa shape index (κ3) is 3.92. The van der Waals surface area contributed by atoms with E-state index >= 15 is 0 Å². The summed E-state index contributed by atoms with van der Waals surface area (Å²) in [6.45, 7) is 0.478. The molecule has 5 heteroatoms. The molecule has 1 amide bonds. The predicted molar refractivity (Wildman–Crippen MR) is 74.8 cm³/mol. The highest BCUT2D eigenvalue weighted by atomic mass is 32.1. The van der Waals surface area contributed by atoms with E-state index in [1.54, 1.807) is 6.08 Å². The molecular weight excluding hydrogens is 262 g/mol. The van der Waals surface area contributed by atoms with Gasteiger partial charge in [-0.15, -0.1) is 11.3 Å². The van der Waals surface area contributed by atoms with E-state index in [2.05, 4.69) is 5.32 Å². The summed E-state index contributed by atoms with van der Waals surface area (Å²) in [6, 6.07) is 1.86. The minimum Gasteiger partial charge on any atom is -0.478 e. The fourth-order valence-electron chi connectivity index (χ4n) is 2.30. The van der Waals surface area contributed by atoms with Gasteiger partial charge in [-0.25, -0.2) is 4.79 Å². The van der Waals surface area contributed by atoms with Crippen LogP contribution in [-0.2, 0) is 16.1 Å². The van der Waals surface area contributed by atoms with Gasteiger partial charge in [-0.05, 0) is 35.9 Å². The fraction of sp³-hybridized carbons (Fsp3) is 0.429. The number of thiophene rings is 1. The molecule has 19 heavy (non-hydrogen) atoms. The maximum atomic E-state index is 11.9. The van der Waals surface area contributed by atoms with Crippen molar-refractivity contribution in [2.75, 3.05) is 0 Å². The molecule has 1 fully saturated rings. The van der Waals surface area contributed by atoms with Crippen molar-refractivity contribution in [2.45, 2.75) is 32.2 Å².